The average molecular weight is 177 g/mol. The van der Waals surface area contributed by atoms with Crippen LogP contribution in [0.3, 0.4) is 0 Å². The van der Waals surface area contributed by atoms with Crippen molar-refractivity contribution in [2.24, 2.45) is 0 Å². The van der Waals surface area contributed by atoms with Crippen molar-refractivity contribution in [3.05, 3.63) is 0 Å². The Labute approximate surface area is 69.0 Å². The van der Waals surface area contributed by atoms with Crippen molar-refractivity contribution in [2.75, 3.05) is 18.9 Å². The summed E-state index contributed by atoms with van der Waals surface area (Å²) in [5.74, 6) is 0.775. The van der Waals surface area contributed by atoms with Gasteiger partial charge in [0.05, 0.1) is 18.8 Å². The van der Waals surface area contributed by atoms with Crippen molar-refractivity contribution in [3.8, 4) is 0 Å². The maximum atomic E-state index is 10.7. The van der Waals surface area contributed by atoms with E-state index in [4.69, 9.17) is 10.2 Å². The van der Waals surface area contributed by atoms with Gasteiger partial charge in [-0.3, -0.25) is 4.79 Å². The largest absolute Gasteiger partial charge is 0.394 e. The van der Waals surface area contributed by atoms with Gasteiger partial charge in [-0.15, -0.1) is 0 Å². The van der Waals surface area contributed by atoms with Crippen LogP contribution in [-0.2, 0) is 4.79 Å². The van der Waals surface area contributed by atoms with Crippen LogP contribution >= 0.6 is 11.8 Å². The van der Waals surface area contributed by atoms with E-state index in [2.05, 4.69) is 5.32 Å². The predicted molar refractivity (Wildman–Crippen MR) is 42.3 cm³/mol. The number of aliphatic hydroxyl groups is 2. The number of hydrogen-bond acceptors (Lipinski definition) is 5. The quantitative estimate of drug-likeness (QED) is 0.491. The highest BCUT2D eigenvalue weighted by atomic mass is 32.2. The van der Waals surface area contributed by atoms with Crippen LogP contribution in [0.4, 0.5) is 0 Å². The van der Waals surface area contributed by atoms with Crippen molar-refractivity contribution in [1.29, 1.82) is 0 Å². The summed E-state index contributed by atoms with van der Waals surface area (Å²) < 4.78 is 0. The molecule has 1 rings (SSSR count). The van der Waals surface area contributed by atoms with E-state index in [1.165, 1.54) is 11.8 Å². The molecule has 0 radical (unpaired) electrons. The molecule has 1 aliphatic rings. The van der Waals surface area contributed by atoms with Crippen LogP contribution in [0.1, 0.15) is 0 Å². The summed E-state index contributed by atoms with van der Waals surface area (Å²) in [6.45, 7) is 0.0223. The summed E-state index contributed by atoms with van der Waals surface area (Å²) in [7, 11) is 0. The van der Waals surface area contributed by atoms with Gasteiger partial charge in [-0.2, -0.15) is 0 Å². The highest BCUT2D eigenvalue weighted by Crippen LogP contribution is 2.19. The van der Waals surface area contributed by atoms with E-state index >= 15 is 0 Å². The van der Waals surface area contributed by atoms with Crippen molar-refractivity contribution < 1.29 is 15.0 Å². The summed E-state index contributed by atoms with van der Waals surface area (Å²) in [6, 6.07) is -0.110. The van der Waals surface area contributed by atoms with Crippen LogP contribution in [0.15, 0.2) is 0 Å². The molecule has 0 bridgehead atoms. The molecule has 1 saturated heterocycles. The van der Waals surface area contributed by atoms with E-state index < -0.39 is 6.10 Å². The zero-order valence-corrected chi connectivity index (χ0v) is 6.80. The highest BCUT2D eigenvalue weighted by molar-refractivity contribution is 8.16. The standard InChI is InChI=1S/C6H11NO3S/c8-2-4(9)1-7-5-3-11-6(5)10/h4-5,7-9H,1-3H2. The lowest BCUT2D eigenvalue weighted by atomic mass is 10.3. The molecule has 4 nitrogen and oxygen atoms in total. The van der Waals surface area contributed by atoms with Crippen LogP contribution in [0.25, 0.3) is 0 Å². The number of aliphatic hydroxyl groups excluding tert-OH is 2. The Morgan fingerprint density at radius 2 is 2.55 bits per heavy atom. The molecule has 0 spiro atoms. The van der Waals surface area contributed by atoms with E-state index in [0.29, 0.717) is 0 Å². The molecule has 3 N–H and O–H groups in total. The number of hydrogen-bond donors (Lipinski definition) is 3. The van der Waals surface area contributed by atoms with Crippen LogP contribution in [0, 0.1) is 0 Å². The fourth-order valence-corrected chi connectivity index (χ4v) is 1.39. The molecule has 0 aromatic carbocycles. The molecule has 0 aliphatic carbocycles. The topological polar surface area (TPSA) is 69.6 Å². The first-order chi connectivity index (χ1) is 5.24. The van der Waals surface area contributed by atoms with Gasteiger partial charge < -0.3 is 15.5 Å². The average Bonchev–Trinajstić information content (AvgIpc) is 2.01. The number of thioether (sulfide) groups is 1. The summed E-state index contributed by atoms with van der Waals surface area (Å²) >= 11 is 1.28. The highest BCUT2D eigenvalue weighted by Gasteiger charge is 2.28. The summed E-state index contributed by atoms with van der Waals surface area (Å²) in [5.41, 5.74) is 0. The maximum absolute atomic E-state index is 10.7. The fourth-order valence-electron chi connectivity index (χ4n) is 0.720. The number of nitrogens with one attached hydrogen (secondary N) is 1. The molecular formula is C6H11NO3S. The van der Waals surface area contributed by atoms with Gasteiger partial charge in [0.15, 0.2) is 0 Å². The predicted octanol–water partition coefficient (Wildman–Crippen LogP) is -1.43. The molecule has 5 heteroatoms. The van der Waals surface area contributed by atoms with Crippen molar-refractivity contribution in [3.63, 3.8) is 0 Å². The summed E-state index contributed by atoms with van der Waals surface area (Å²) in [4.78, 5) is 10.7. The zero-order valence-electron chi connectivity index (χ0n) is 5.99. The van der Waals surface area contributed by atoms with Crippen molar-refractivity contribution in [2.45, 2.75) is 12.1 Å². The second-order valence-corrected chi connectivity index (χ2v) is 3.45. The minimum Gasteiger partial charge on any atom is -0.394 e. The minimum atomic E-state index is -0.756. The smallest absolute Gasteiger partial charge is 0.206 e. The molecule has 2 unspecified atom stereocenters. The van der Waals surface area contributed by atoms with Gasteiger partial charge in [0.2, 0.25) is 5.12 Å². The molecule has 64 valence electrons. The lowest BCUT2D eigenvalue weighted by Crippen LogP contribution is -2.47. The van der Waals surface area contributed by atoms with Crippen molar-refractivity contribution in [1.82, 2.24) is 5.32 Å². The fraction of sp³-hybridized carbons (Fsp3) is 0.833. The Hall–Kier alpha value is -0.100. The number of rotatable bonds is 4. The number of carbonyl (C=O) groups is 1. The van der Waals surface area contributed by atoms with Crippen LogP contribution in [-0.4, -0.2) is 46.4 Å². The number of carbonyl (C=O) groups excluding carboxylic acids is 1. The van der Waals surface area contributed by atoms with E-state index in [9.17, 15) is 4.79 Å². The van der Waals surface area contributed by atoms with Gasteiger partial charge in [0.25, 0.3) is 0 Å². The minimum absolute atomic E-state index is 0.110. The third-order valence-corrected chi connectivity index (χ3v) is 2.56. The van der Waals surface area contributed by atoms with Crippen molar-refractivity contribution >= 4 is 16.9 Å². The van der Waals surface area contributed by atoms with Crippen LogP contribution in [0.2, 0.25) is 0 Å². The monoisotopic (exact) mass is 177 g/mol. The van der Waals surface area contributed by atoms with E-state index in [0.717, 1.165) is 5.75 Å². The van der Waals surface area contributed by atoms with E-state index in [-0.39, 0.29) is 24.3 Å². The maximum Gasteiger partial charge on any atom is 0.206 e. The summed E-state index contributed by atoms with van der Waals surface area (Å²) in [6.07, 6.45) is -0.756. The zero-order chi connectivity index (χ0) is 8.27. The molecule has 1 aliphatic heterocycles. The Morgan fingerprint density at radius 1 is 1.82 bits per heavy atom. The molecule has 0 amide bonds. The molecular weight excluding hydrogens is 166 g/mol. The van der Waals surface area contributed by atoms with Gasteiger partial charge in [-0.05, 0) is 0 Å². The Bertz CT molecular complexity index is 153. The molecule has 11 heavy (non-hydrogen) atoms. The molecule has 1 heterocycles. The van der Waals surface area contributed by atoms with Gasteiger partial charge in [0.1, 0.15) is 0 Å². The van der Waals surface area contributed by atoms with E-state index in [1.807, 2.05) is 0 Å². The first-order valence-corrected chi connectivity index (χ1v) is 4.41. The second kappa shape index (κ2) is 4.06. The third-order valence-electron chi connectivity index (χ3n) is 1.49. The lowest BCUT2D eigenvalue weighted by molar-refractivity contribution is -0.113. The SMILES string of the molecule is O=C1SCC1NCC(O)CO. The van der Waals surface area contributed by atoms with Gasteiger partial charge in [-0.1, -0.05) is 11.8 Å². The Kier molecular flexibility index (Phi) is 3.32. The van der Waals surface area contributed by atoms with Gasteiger partial charge >= 0.3 is 0 Å². The molecule has 0 saturated carbocycles. The van der Waals surface area contributed by atoms with Crippen LogP contribution in [0.5, 0.6) is 0 Å². The lowest BCUT2D eigenvalue weighted by Gasteiger charge is -2.24. The molecule has 0 aromatic heterocycles. The first kappa shape index (κ1) is 8.99. The second-order valence-electron chi connectivity index (χ2n) is 2.43. The van der Waals surface area contributed by atoms with Crippen LogP contribution < -0.4 is 5.32 Å². The van der Waals surface area contributed by atoms with Gasteiger partial charge in [0, 0.05) is 12.3 Å². The Morgan fingerprint density at radius 3 is 2.91 bits per heavy atom. The third kappa shape index (κ3) is 2.44. The Balaban J connectivity index is 2.07. The summed E-state index contributed by atoms with van der Waals surface area (Å²) in [5, 5.41) is 20.3. The molecule has 2 atom stereocenters. The van der Waals surface area contributed by atoms with E-state index in [1.54, 1.807) is 0 Å². The normalized spacial score (nSPS) is 26.4. The molecule has 1 fully saturated rings. The molecule has 0 aromatic rings. The first-order valence-electron chi connectivity index (χ1n) is 3.43. The van der Waals surface area contributed by atoms with Gasteiger partial charge in [-0.25, -0.2) is 0 Å².